The predicted octanol–water partition coefficient (Wildman–Crippen LogP) is 3.87. The molecule has 2 aromatic heterocycles. The van der Waals surface area contributed by atoms with Crippen molar-refractivity contribution in [2.75, 3.05) is 18.6 Å². The van der Waals surface area contributed by atoms with Gasteiger partial charge in [-0.05, 0) is 37.6 Å². The van der Waals surface area contributed by atoms with Crippen LogP contribution >= 0.6 is 11.3 Å². The summed E-state index contributed by atoms with van der Waals surface area (Å²) in [5.41, 5.74) is 0.345. The third-order valence-electron chi connectivity index (χ3n) is 5.69. The first-order chi connectivity index (χ1) is 10.8. The van der Waals surface area contributed by atoms with E-state index >= 15 is 0 Å². The molecular weight excluding hydrogens is 294 g/mol. The summed E-state index contributed by atoms with van der Waals surface area (Å²) in [6.45, 7) is 2.93. The molecule has 2 heterocycles. The third kappa shape index (κ3) is 1.98. The van der Waals surface area contributed by atoms with Gasteiger partial charge in [0.2, 0.25) is 0 Å². The molecule has 0 N–H and O–H groups in total. The molecule has 22 heavy (non-hydrogen) atoms. The van der Waals surface area contributed by atoms with Gasteiger partial charge in [-0.15, -0.1) is 11.3 Å². The Morgan fingerprint density at radius 2 is 2.18 bits per heavy atom. The highest BCUT2D eigenvalue weighted by molar-refractivity contribution is 7.16. The monoisotopic (exact) mass is 317 g/mol. The molecule has 0 aliphatic heterocycles. The molecule has 2 aromatic rings. The zero-order chi connectivity index (χ0) is 15.2. The van der Waals surface area contributed by atoms with Gasteiger partial charge in [-0.3, -0.25) is 0 Å². The molecule has 2 aliphatic carbocycles. The maximum absolute atomic E-state index is 6.05. The summed E-state index contributed by atoms with van der Waals surface area (Å²) in [5.74, 6) is 1.08. The van der Waals surface area contributed by atoms with Crippen molar-refractivity contribution < 1.29 is 4.74 Å². The largest absolute Gasteiger partial charge is 0.378 e. The number of thiophene rings is 1. The van der Waals surface area contributed by atoms with Gasteiger partial charge < -0.3 is 9.64 Å². The number of ether oxygens (including phenoxy) is 1. The number of hydrogen-bond donors (Lipinski definition) is 0. The minimum atomic E-state index is 0.345. The van der Waals surface area contributed by atoms with Gasteiger partial charge in [0.25, 0.3) is 0 Å². The van der Waals surface area contributed by atoms with Crippen molar-refractivity contribution in [2.45, 2.75) is 51.2 Å². The lowest BCUT2D eigenvalue weighted by Gasteiger charge is -2.57. The summed E-state index contributed by atoms with van der Waals surface area (Å²) < 4.78 is 6.05. The average molecular weight is 317 g/mol. The lowest BCUT2D eigenvalue weighted by Crippen LogP contribution is -2.63. The van der Waals surface area contributed by atoms with Crippen LogP contribution in [-0.4, -0.2) is 35.8 Å². The molecule has 2 unspecified atom stereocenters. The highest BCUT2D eigenvalue weighted by Crippen LogP contribution is 2.57. The molecule has 2 saturated carbocycles. The van der Waals surface area contributed by atoms with Crippen molar-refractivity contribution >= 4 is 27.4 Å². The number of anilines is 1. The average Bonchev–Trinajstić information content (AvgIpc) is 3.19. The van der Waals surface area contributed by atoms with Crippen molar-refractivity contribution in [3.8, 4) is 0 Å². The smallest absolute Gasteiger partial charge is 0.140 e. The lowest BCUT2D eigenvalue weighted by atomic mass is 9.60. The van der Waals surface area contributed by atoms with Gasteiger partial charge >= 0.3 is 0 Å². The first-order valence-electron chi connectivity index (χ1n) is 8.29. The Morgan fingerprint density at radius 3 is 2.95 bits per heavy atom. The number of nitrogens with zero attached hydrogens (tertiary/aromatic N) is 3. The van der Waals surface area contributed by atoms with Gasteiger partial charge in [0.1, 0.15) is 17.0 Å². The Hall–Kier alpha value is -1.20. The number of fused-ring (bicyclic) bond motifs is 1. The SMILES string of the molecule is CCOC1CC(N(C)c2ncnc3sccc23)C12CCCC2. The van der Waals surface area contributed by atoms with Gasteiger partial charge in [0, 0.05) is 25.1 Å². The molecule has 0 amide bonds. The second-order valence-electron chi connectivity index (χ2n) is 6.58. The first kappa shape index (κ1) is 14.4. The molecule has 2 fully saturated rings. The fraction of sp³-hybridized carbons (Fsp3) is 0.647. The Balaban J connectivity index is 1.65. The van der Waals surface area contributed by atoms with E-state index in [1.165, 1.54) is 31.1 Å². The lowest BCUT2D eigenvalue weighted by molar-refractivity contribution is -0.121. The van der Waals surface area contributed by atoms with Gasteiger partial charge in [-0.2, -0.15) is 0 Å². The molecular formula is C17H23N3OS. The Kier molecular flexibility index (Phi) is 3.57. The maximum Gasteiger partial charge on any atom is 0.140 e. The molecule has 2 aliphatic rings. The Labute approximate surface area is 135 Å². The van der Waals surface area contributed by atoms with Crippen LogP contribution in [0, 0.1) is 5.41 Å². The summed E-state index contributed by atoms with van der Waals surface area (Å²) in [4.78, 5) is 12.4. The minimum Gasteiger partial charge on any atom is -0.378 e. The molecule has 0 aromatic carbocycles. The van der Waals surface area contributed by atoms with E-state index in [1.54, 1.807) is 17.7 Å². The molecule has 0 radical (unpaired) electrons. The van der Waals surface area contributed by atoms with Crippen LogP contribution in [0.15, 0.2) is 17.8 Å². The standard InChI is InChI=1S/C17H23N3OS/c1-3-21-14-10-13(17(14)7-4-5-8-17)20(2)15-12-6-9-22-16(12)19-11-18-15/h6,9,11,13-14H,3-5,7-8,10H2,1-2H3. The summed E-state index contributed by atoms with van der Waals surface area (Å²) in [5, 5.41) is 3.29. The summed E-state index contributed by atoms with van der Waals surface area (Å²) in [6.07, 6.45) is 8.53. The fourth-order valence-electron chi connectivity index (χ4n) is 4.60. The van der Waals surface area contributed by atoms with Gasteiger partial charge in [-0.25, -0.2) is 9.97 Å². The first-order valence-corrected chi connectivity index (χ1v) is 9.17. The topological polar surface area (TPSA) is 38.2 Å². The van der Waals surface area contributed by atoms with Crippen LogP contribution in [0.3, 0.4) is 0 Å². The van der Waals surface area contributed by atoms with E-state index in [9.17, 15) is 0 Å². The third-order valence-corrected chi connectivity index (χ3v) is 6.51. The normalized spacial score (nSPS) is 26.5. The molecule has 4 nitrogen and oxygen atoms in total. The van der Waals surface area contributed by atoms with E-state index in [0.717, 1.165) is 23.7 Å². The Bertz CT molecular complexity index is 665. The van der Waals surface area contributed by atoms with Crippen LogP contribution in [0.1, 0.15) is 39.0 Å². The minimum absolute atomic E-state index is 0.345. The van der Waals surface area contributed by atoms with E-state index < -0.39 is 0 Å². The van der Waals surface area contributed by atoms with Gasteiger partial charge in [0.05, 0.1) is 11.5 Å². The molecule has 0 bridgehead atoms. The van der Waals surface area contributed by atoms with Crippen LogP contribution in [-0.2, 0) is 4.74 Å². The summed E-state index contributed by atoms with van der Waals surface area (Å²) >= 11 is 1.69. The van der Waals surface area contributed by atoms with Crippen molar-refractivity contribution in [3.63, 3.8) is 0 Å². The van der Waals surface area contributed by atoms with Crippen molar-refractivity contribution in [1.82, 2.24) is 9.97 Å². The molecule has 118 valence electrons. The van der Waals surface area contributed by atoms with Crippen LogP contribution in [0.2, 0.25) is 0 Å². The van der Waals surface area contributed by atoms with Gasteiger partial charge in [-0.1, -0.05) is 12.8 Å². The zero-order valence-corrected chi connectivity index (χ0v) is 14.1. The van der Waals surface area contributed by atoms with E-state index in [1.807, 2.05) is 0 Å². The molecule has 2 atom stereocenters. The van der Waals surface area contributed by atoms with Crippen molar-refractivity contribution in [2.24, 2.45) is 5.41 Å². The molecule has 5 heteroatoms. The Morgan fingerprint density at radius 1 is 1.36 bits per heavy atom. The quantitative estimate of drug-likeness (QED) is 0.858. The summed E-state index contributed by atoms with van der Waals surface area (Å²) in [7, 11) is 2.20. The van der Waals surface area contributed by atoms with E-state index in [2.05, 4.69) is 40.3 Å². The van der Waals surface area contributed by atoms with Crippen LogP contribution < -0.4 is 4.90 Å². The number of rotatable bonds is 4. The van der Waals surface area contributed by atoms with Crippen LogP contribution in [0.5, 0.6) is 0 Å². The highest BCUT2D eigenvalue weighted by atomic mass is 32.1. The highest BCUT2D eigenvalue weighted by Gasteiger charge is 2.58. The number of aromatic nitrogens is 2. The summed E-state index contributed by atoms with van der Waals surface area (Å²) in [6, 6.07) is 2.69. The van der Waals surface area contributed by atoms with Crippen molar-refractivity contribution in [3.05, 3.63) is 17.8 Å². The molecule has 4 rings (SSSR count). The second-order valence-corrected chi connectivity index (χ2v) is 7.48. The van der Waals surface area contributed by atoms with Gasteiger partial charge in [0.15, 0.2) is 0 Å². The molecule has 0 saturated heterocycles. The van der Waals surface area contributed by atoms with Crippen LogP contribution in [0.25, 0.3) is 10.2 Å². The number of hydrogen-bond acceptors (Lipinski definition) is 5. The van der Waals surface area contributed by atoms with Crippen LogP contribution in [0.4, 0.5) is 5.82 Å². The molecule has 1 spiro atoms. The van der Waals surface area contributed by atoms with E-state index in [0.29, 0.717) is 17.6 Å². The predicted molar refractivity (Wildman–Crippen MR) is 90.5 cm³/mol. The fourth-order valence-corrected chi connectivity index (χ4v) is 5.33. The van der Waals surface area contributed by atoms with E-state index in [4.69, 9.17) is 4.74 Å². The maximum atomic E-state index is 6.05. The zero-order valence-electron chi connectivity index (χ0n) is 13.3. The second kappa shape index (κ2) is 5.46. The van der Waals surface area contributed by atoms with E-state index in [-0.39, 0.29) is 0 Å². The van der Waals surface area contributed by atoms with Crippen molar-refractivity contribution in [1.29, 1.82) is 0 Å².